The van der Waals surface area contributed by atoms with E-state index in [4.69, 9.17) is 4.74 Å². The Balaban J connectivity index is 1.51. The van der Waals surface area contributed by atoms with Crippen LogP contribution in [0.15, 0.2) is 12.2 Å². The maximum atomic E-state index is 11.8. The second kappa shape index (κ2) is 5.66. The third kappa shape index (κ3) is 2.86. The Labute approximate surface area is 116 Å². The fraction of sp³-hybridized carbons (Fsp3) is 0.812. The van der Waals surface area contributed by atoms with Gasteiger partial charge in [-0.1, -0.05) is 12.2 Å². The summed E-state index contributed by atoms with van der Waals surface area (Å²) in [7, 11) is 0. The summed E-state index contributed by atoms with van der Waals surface area (Å²) in [4.78, 5) is 14.4. The predicted octanol–water partition coefficient (Wildman–Crippen LogP) is 2.47. The van der Waals surface area contributed by atoms with E-state index in [0.717, 1.165) is 43.7 Å². The van der Waals surface area contributed by atoms with Crippen molar-refractivity contribution >= 4 is 5.97 Å². The van der Waals surface area contributed by atoms with Crippen molar-refractivity contribution in [2.24, 2.45) is 23.7 Å². The molecule has 1 saturated heterocycles. The van der Waals surface area contributed by atoms with E-state index >= 15 is 0 Å². The molecule has 2 bridgehead atoms. The SMILES string of the molecule is CCOC(=O)C1CCCN(CC2CC3C=CC2C3)C1. The summed E-state index contributed by atoms with van der Waals surface area (Å²) in [5, 5.41) is 0. The van der Waals surface area contributed by atoms with Crippen molar-refractivity contribution in [2.45, 2.75) is 32.6 Å². The molecule has 3 nitrogen and oxygen atoms in total. The van der Waals surface area contributed by atoms with Gasteiger partial charge >= 0.3 is 5.97 Å². The number of nitrogens with zero attached hydrogens (tertiary/aromatic N) is 1. The lowest BCUT2D eigenvalue weighted by atomic mass is 9.91. The molecule has 4 unspecified atom stereocenters. The zero-order chi connectivity index (χ0) is 13.2. The van der Waals surface area contributed by atoms with Crippen LogP contribution >= 0.6 is 0 Å². The van der Waals surface area contributed by atoms with Crippen LogP contribution in [0.2, 0.25) is 0 Å². The Morgan fingerprint density at radius 3 is 2.95 bits per heavy atom. The minimum atomic E-state index is 0.0139. The van der Waals surface area contributed by atoms with Gasteiger partial charge in [0, 0.05) is 13.1 Å². The third-order valence-electron chi connectivity index (χ3n) is 5.03. The average Bonchev–Trinajstić information content (AvgIpc) is 3.02. The first kappa shape index (κ1) is 13.2. The molecule has 0 spiro atoms. The van der Waals surface area contributed by atoms with E-state index in [2.05, 4.69) is 17.1 Å². The van der Waals surface area contributed by atoms with E-state index in [9.17, 15) is 4.79 Å². The van der Waals surface area contributed by atoms with Crippen LogP contribution < -0.4 is 0 Å². The number of allylic oxidation sites excluding steroid dienone is 2. The lowest BCUT2D eigenvalue weighted by Crippen LogP contribution is -2.42. The molecule has 0 aromatic carbocycles. The maximum absolute atomic E-state index is 11.8. The Hall–Kier alpha value is -0.830. The van der Waals surface area contributed by atoms with Crippen molar-refractivity contribution in [1.29, 1.82) is 0 Å². The van der Waals surface area contributed by atoms with E-state index in [1.165, 1.54) is 19.4 Å². The Morgan fingerprint density at radius 2 is 2.26 bits per heavy atom. The molecular formula is C16H25NO2. The highest BCUT2D eigenvalue weighted by molar-refractivity contribution is 5.72. The molecule has 106 valence electrons. The van der Waals surface area contributed by atoms with Gasteiger partial charge in [-0.25, -0.2) is 0 Å². The highest BCUT2D eigenvalue weighted by Gasteiger charge is 2.37. The molecule has 0 radical (unpaired) electrons. The van der Waals surface area contributed by atoms with Gasteiger partial charge in [-0.2, -0.15) is 0 Å². The number of hydrogen-bond acceptors (Lipinski definition) is 3. The molecule has 3 aliphatic rings. The number of fused-ring (bicyclic) bond motifs is 2. The minimum Gasteiger partial charge on any atom is -0.466 e. The molecule has 3 heteroatoms. The first-order valence-corrected chi connectivity index (χ1v) is 7.83. The molecule has 3 rings (SSSR count). The number of rotatable bonds is 4. The number of ether oxygens (including phenoxy) is 1. The van der Waals surface area contributed by atoms with Crippen molar-refractivity contribution in [1.82, 2.24) is 4.90 Å². The monoisotopic (exact) mass is 263 g/mol. The first-order valence-electron chi connectivity index (χ1n) is 7.83. The summed E-state index contributed by atoms with van der Waals surface area (Å²) in [5.74, 6) is 2.62. The second-order valence-electron chi connectivity index (χ2n) is 6.39. The van der Waals surface area contributed by atoms with E-state index in [1.54, 1.807) is 0 Å². The standard InChI is InChI=1S/C16H25NO2/c1-2-19-16(18)14-4-3-7-17(10-14)11-15-9-12-5-6-13(15)8-12/h5-6,12-15H,2-4,7-11H2,1H3. The van der Waals surface area contributed by atoms with Gasteiger partial charge in [-0.3, -0.25) is 4.79 Å². The molecule has 1 heterocycles. The van der Waals surface area contributed by atoms with Gasteiger partial charge in [0.15, 0.2) is 0 Å². The van der Waals surface area contributed by atoms with Gasteiger partial charge in [0.05, 0.1) is 12.5 Å². The lowest BCUT2D eigenvalue weighted by molar-refractivity contribution is -0.150. The number of hydrogen-bond donors (Lipinski definition) is 0. The quantitative estimate of drug-likeness (QED) is 0.576. The second-order valence-corrected chi connectivity index (χ2v) is 6.39. The van der Waals surface area contributed by atoms with Gasteiger partial charge in [0.1, 0.15) is 0 Å². The normalized spacial score (nSPS) is 37.7. The van der Waals surface area contributed by atoms with Crippen LogP contribution in [0.3, 0.4) is 0 Å². The lowest BCUT2D eigenvalue weighted by Gasteiger charge is -2.34. The fourth-order valence-electron chi connectivity index (χ4n) is 4.11. The molecule has 2 aliphatic carbocycles. The van der Waals surface area contributed by atoms with E-state index in [-0.39, 0.29) is 11.9 Å². The Morgan fingerprint density at radius 1 is 1.37 bits per heavy atom. The van der Waals surface area contributed by atoms with Crippen molar-refractivity contribution < 1.29 is 9.53 Å². The largest absolute Gasteiger partial charge is 0.466 e. The van der Waals surface area contributed by atoms with Crippen molar-refractivity contribution in [3.05, 3.63) is 12.2 Å². The Kier molecular flexibility index (Phi) is 3.92. The van der Waals surface area contributed by atoms with Gasteiger partial charge in [0.2, 0.25) is 0 Å². The molecule has 2 fully saturated rings. The maximum Gasteiger partial charge on any atom is 0.310 e. The zero-order valence-electron chi connectivity index (χ0n) is 11.9. The number of esters is 1. The topological polar surface area (TPSA) is 29.5 Å². The smallest absolute Gasteiger partial charge is 0.310 e. The molecule has 19 heavy (non-hydrogen) atoms. The van der Waals surface area contributed by atoms with E-state index < -0.39 is 0 Å². The Bertz CT molecular complexity index is 366. The van der Waals surface area contributed by atoms with Crippen LogP contribution in [-0.2, 0) is 9.53 Å². The number of carbonyl (C=O) groups is 1. The summed E-state index contributed by atoms with van der Waals surface area (Å²) < 4.78 is 5.17. The molecule has 4 atom stereocenters. The van der Waals surface area contributed by atoms with Crippen LogP contribution in [0.1, 0.15) is 32.6 Å². The fourth-order valence-corrected chi connectivity index (χ4v) is 4.11. The van der Waals surface area contributed by atoms with Gasteiger partial charge < -0.3 is 9.64 Å². The number of carbonyl (C=O) groups excluding carboxylic acids is 1. The predicted molar refractivity (Wildman–Crippen MR) is 74.6 cm³/mol. The molecule has 1 aliphatic heterocycles. The summed E-state index contributed by atoms with van der Waals surface area (Å²) in [6, 6.07) is 0. The van der Waals surface area contributed by atoms with E-state index in [0.29, 0.717) is 6.61 Å². The molecule has 0 amide bonds. The minimum absolute atomic E-state index is 0.0139. The van der Waals surface area contributed by atoms with Crippen LogP contribution in [0, 0.1) is 23.7 Å². The summed E-state index contributed by atoms with van der Waals surface area (Å²) in [6.45, 7) is 5.65. The zero-order valence-corrected chi connectivity index (χ0v) is 11.9. The summed E-state index contributed by atoms with van der Waals surface area (Å²) in [6.07, 6.45) is 9.71. The highest BCUT2D eigenvalue weighted by Crippen LogP contribution is 2.43. The van der Waals surface area contributed by atoms with Crippen molar-refractivity contribution in [2.75, 3.05) is 26.2 Å². The van der Waals surface area contributed by atoms with Crippen LogP contribution in [-0.4, -0.2) is 37.1 Å². The summed E-state index contributed by atoms with van der Waals surface area (Å²) >= 11 is 0. The molecule has 1 saturated carbocycles. The van der Waals surface area contributed by atoms with Crippen LogP contribution in [0.5, 0.6) is 0 Å². The van der Waals surface area contributed by atoms with Crippen LogP contribution in [0.4, 0.5) is 0 Å². The van der Waals surface area contributed by atoms with Gasteiger partial charge in [0.25, 0.3) is 0 Å². The van der Waals surface area contributed by atoms with Gasteiger partial charge in [-0.05, 0) is 56.9 Å². The first-order chi connectivity index (χ1) is 9.26. The number of likely N-dealkylation sites (tertiary alicyclic amines) is 1. The summed E-state index contributed by atoms with van der Waals surface area (Å²) in [5.41, 5.74) is 0. The third-order valence-corrected chi connectivity index (χ3v) is 5.03. The average molecular weight is 263 g/mol. The van der Waals surface area contributed by atoms with Crippen molar-refractivity contribution in [3.8, 4) is 0 Å². The highest BCUT2D eigenvalue weighted by atomic mass is 16.5. The number of piperidine rings is 1. The molecular weight excluding hydrogens is 238 g/mol. The van der Waals surface area contributed by atoms with Crippen molar-refractivity contribution in [3.63, 3.8) is 0 Å². The van der Waals surface area contributed by atoms with Crippen LogP contribution in [0.25, 0.3) is 0 Å². The van der Waals surface area contributed by atoms with Gasteiger partial charge in [-0.15, -0.1) is 0 Å². The molecule has 0 N–H and O–H groups in total. The molecule has 0 aromatic heterocycles. The molecule has 0 aromatic rings. The van der Waals surface area contributed by atoms with E-state index in [1.807, 2.05) is 6.92 Å².